The van der Waals surface area contributed by atoms with Crippen LogP contribution in [-0.2, 0) is 4.79 Å². The van der Waals surface area contributed by atoms with Crippen LogP contribution in [0.1, 0.15) is 13.8 Å². The molecular weight excluding hydrogens is 329 g/mol. The van der Waals surface area contributed by atoms with E-state index >= 15 is 0 Å². The van der Waals surface area contributed by atoms with Gasteiger partial charge in [-0.25, -0.2) is 0 Å². The van der Waals surface area contributed by atoms with Crippen molar-refractivity contribution >= 4 is 36.6 Å². The molecule has 2 N–H and O–H groups in total. The van der Waals surface area contributed by atoms with E-state index in [4.69, 9.17) is 0 Å². The lowest BCUT2D eigenvalue weighted by molar-refractivity contribution is -0.129. The first-order valence-electron chi connectivity index (χ1n) is 5.42. The zero-order chi connectivity index (χ0) is 12.5. The van der Waals surface area contributed by atoms with Gasteiger partial charge in [0, 0.05) is 7.05 Å². The second kappa shape index (κ2) is 4.72. The number of amides is 1. The Bertz CT molecular complexity index is 460. The molecule has 0 aromatic carbocycles. The zero-order valence-corrected chi connectivity index (χ0v) is 12.3. The van der Waals surface area contributed by atoms with Crippen molar-refractivity contribution in [2.75, 3.05) is 7.05 Å². The molecule has 0 aliphatic carbocycles. The molecule has 17 heavy (non-hydrogen) atoms. The van der Waals surface area contributed by atoms with Crippen molar-refractivity contribution in [3.8, 4) is 0 Å². The molecule has 0 unspecified atom stereocenters. The molecule has 0 aromatic heterocycles. The molecule has 0 spiro atoms. The Morgan fingerprint density at radius 1 is 1.47 bits per heavy atom. The van der Waals surface area contributed by atoms with E-state index in [1.807, 2.05) is 13.8 Å². The van der Waals surface area contributed by atoms with Crippen molar-refractivity contribution in [2.24, 2.45) is 10.4 Å². The predicted octanol–water partition coefficient (Wildman–Crippen LogP) is 1.31. The second-order valence-electron chi connectivity index (χ2n) is 4.55. The highest BCUT2D eigenvalue weighted by molar-refractivity contribution is 14.2. The Kier molecular flexibility index (Phi) is 3.46. The molecule has 0 bridgehead atoms. The molecule has 5 heteroatoms. The first-order chi connectivity index (χ1) is 8.05. The van der Waals surface area contributed by atoms with E-state index in [1.165, 1.54) is 5.57 Å². The molecular formula is C12H16IN3O. The summed E-state index contributed by atoms with van der Waals surface area (Å²) in [5, 5.41) is 6.07. The Morgan fingerprint density at radius 3 is 2.82 bits per heavy atom. The summed E-state index contributed by atoms with van der Waals surface area (Å²) >= 11 is -0.0137. The fourth-order valence-corrected chi connectivity index (χ4v) is 3.50. The van der Waals surface area contributed by atoms with Gasteiger partial charge >= 0.3 is 0 Å². The normalized spacial score (nSPS) is 29.1. The molecule has 1 amide bonds. The average Bonchev–Trinajstić information content (AvgIpc) is 2.33. The summed E-state index contributed by atoms with van der Waals surface area (Å²) in [5.41, 5.74) is 0.729. The largest absolute Gasteiger partial charge is 0.348 e. The number of carbonyl (C=O) groups excluding carboxylic acids is 1. The summed E-state index contributed by atoms with van der Waals surface area (Å²) in [6.07, 6.45) is 4.16. The van der Waals surface area contributed by atoms with Crippen molar-refractivity contribution in [2.45, 2.75) is 19.9 Å². The van der Waals surface area contributed by atoms with E-state index in [2.05, 4.69) is 35.9 Å². The van der Waals surface area contributed by atoms with Crippen LogP contribution >= 0.6 is 20.7 Å². The summed E-state index contributed by atoms with van der Waals surface area (Å²) in [6, 6.07) is -0.000370. The fraction of sp³-hybridized carbons (Fsp3) is 0.417. The van der Waals surface area contributed by atoms with E-state index in [1.54, 1.807) is 7.05 Å². The molecule has 4 nitrogen and oxygen atoms in total. The molecule has 0 radical (unpaired) electrons. The van der Waals surface area contributed by atoms with Crippen LogP contribution in [0.25, 0.3) is 0 Å². The lowest BCUT2D eigenvalue weighted by Gasteiger charge is -2.39. The van der Waals surface area contributed by atoms with Crippen LogP contribution in [0, 0.1) is 5.41 Å². The number of hydrogen-bond donors (Lipinski definition) is 2. The van der Waals surface area contributed by atoms with Gasteiger partial charge in [-0.15, -0.1) is 0 Å². The third-order valence-electron chi connectivity index (χ3n) is 3.00. The first-order valence-corrected chi connectivity index (χ1v) is 7.91. The van der Waals surface area contributed by atoms with Crippen molar-refractivity contribution in [1.82, 2.24) is 10.6 Å². The van der Waals surface area contributed by atoms with Crippen molar-refractivity contribution in [3.05, 3.63) is 21.8 Å². The molecule has 0 saturated carbocycles. The third kappa shape index (κ3) is 2.34. The summed E-state index contributed by atoms with van der Waals surface area (Å²) in [7, 11) is 1.67. The lowest BCUT2D eigenvalue weighted by atomic mass is 9.78. The molecule has 2 rings (SSSR count). The number of halogens is 1. The van der Waals surface area contributed by atoms with Crippen LogP contribution in [0.15, 0.2) is 26.8 Å². The number of rotatable bonds is 1. The van der Waals surface area contributed by atoms with Gasteiger partial charge < -0.3 is 5.32 Å². The highest BCUT2D eigenvalue weighted by atomic mass is 127. The average molecular weight is 345 g/mol. The lowest BCUT2D eigenvalue weighted by Crippen LogP contribution is -2.63. The number of nitrogens with one attached hydrogen (secondary N) is 2. The highest BCUT2D eigenvalue weighted by Gasteiger charge is 2.43. The van der Waals surface area contributed by atoms with Crippen LogP contribution < -0.4 is 10.6 Å². The first kappa shape index (κ1) is 12.5. The summed E-state index contributed by atoms with van der Waals surface area (Å²) in [6.45, 7) is 3.91. The molecule has 2 heterocycles. The van der Waals surface area contributed by atoms with Gasteiger partial charge in [0.15, 0.2) is 5.96 Å². The smallest absolute Gasteiger partial charge is 0.234 e. The van der Waals surface area contributed by atoms with E-state index in [0.717, 1.165) is 0 Å². The van der Waals surface area contributed by atoms with Gasteiger partial charge in [-0.3, -0.25) is 15.1 Å². The Balaban J connectivity index is 2.35. The fourth-order valence-electron chi connectivity index (χ4n) is 1.87. The number of guanidine groups is 1. The van der Waals surface area contributed by atoms with Crippen LogP contribution in [0.5, 0.6) is 0 Å². The number of nitrogens with zero attached hydrogens (tertiary/aromatic N) is 1. The molecule has 1 fully saturated rings. The molecule has 92 valence electrons. The van der Waals surface area contributed by atoms with Crippen LogP contribution in [0.2, 0.25) is 0 Å². The van der Waals surface area contributed by atoms with Gasteiger partial charge in [0.25, 0.3) is 0 Å². The Labute approximate surface area is 111 Å². The molecule has 2 aliphatic rings. The van der Waals surface area contributed by atoms with E-state index in [9.17, 15) is 4.79 Å². The van der Waals surface area contributed by atoms with E-state index < -0.39 is 5.41 Å². The number of allylic oxidation sites excluding steroid dienone is 1. The van der Waals surface area contributed by atoms with Crippen molar-refractivity contribution < 1.29 is 4.79 Å². The zero-order valence-electron chi connectivity index (χ0n) is 10.1. The van der Waals surface area contributed by atoms with E-state index in [-0.39, 0.29) is 32.7 Å². The van der Waals surface area contributed by atoms with E-state index in [0.29, 0.717) is 5.96 Å². The second-order valence-corrected chi connectivity index (χ2v) is 6.61. The minimum Gasteiger partial charge on any atom is -0.348 e. The molecule has 2 aliphatic heterocycles. The summed E-state index contributed by atoms with van der Waals surface area (Å²) < 4.78 is 4.46. The highest BCUT2D eigenvalue weighted by Crippen LogP contribution is 2.31. The van der Waals surface area contributed by atoms with Gasteiger partial charge in [0.05, 0.1) is 11.5 Å². The van der Waals surface area contributed by atoms with Crippen molar-refractivity contribution in [3.63, 3.8) is 0 Å². The maximum atomic E-state index is 12.1. The number of hydrogen-bond acceptors (Lipinski definition) is 2. The maximum absolute atomic E-state index is 12.1. The van der Waals surface area contributed by atoms with Crippen LogP contribution in [-0.4, -0.2) is 29.0 Å². The Hall–Kier alpha value is -0.980. The van der Waals surface area contributed by atoms with Crippen LogP contribution in [0.3, 0.4) is 0 Å². The van der Waals surface area contributed by atoms with Gasteiger partial charge in [-0.05, 0) is 27.5 Å². The number of carbonyl (C=O) groups is 1. The van der Waals surface area contributed by atoms with Gasteiger partial charge in [-0.1, -0.05) is 32.9 Å². The molecule has 1 atom stereocenters. The third-order valence-corrected chi connectivity index (χ3v) is 4.91. The molecule has 0 aromatic rings. The number of aliphatic imine (C=N–C) groups is 1. The topological polar surface area (TPSA) is 53.5 Å². The van der Waals surface area contributed by atoms with Gasteiger partial charge in [-0.2, -0.15) is 0 Å². The predicted molar refractivity (Wildman–Crippen MR) is 79.5 cm³/mol. The van der Waals surface area contributed by atoms with Crippen molar-refractivity contribution in [1.29, 1.82) is 0 Å². The monoisotopic (exact) mass is 345 g/mol. The summed E-state index contributed by atoms with van der Waals surface area (Å²) in [5.74, 6) is 0.574. The summed E-state index contributed by atoms with van der Waals surface area (Å²) in [4.78, 5) is 16.1. The Morgan fingerprint density at radius 2 is 2.24 bits per heavy atom. The SMILES string of the molecule is CN=C1NC(=O)C(C)(C)[C@@H](C2=CI=CC=C2)N1. The maximum Gasteiger partial charge on any atom is 0.234 e. The van der Waals surface area contributed by atoms with Crippen LogP contribution in [0.4, 0.5) is 0 Å². The quantitative estimate of drug-likeness (QED) is 0.705. The molecule has 1 saturated heterocycles. The standard InChI is InChI=1S/C12H16IN3O/c1-12(2)9(8-5-4-6-13-7-8)15-11(14-3)16-10(12)17/h4-7,9H,1-3H3,(H2,14,15,16,17)/t9-/m1/s1. The minimum atomic E-state index is -0.467. The van der Waals surface area contributed by atoms with Gasteiger partial charge in [0.1, 0.15) is 0 Å². The minimum absolute atomic E-state index is 0.000370. The van der Waals surface area contributed by atoms with Gasteiger partial charge in [0.2, 0.25) is 5.91 Å².